The standard InChI is InChI=1S/C19H36N6O.HI/c1-6-20-18(21-12-17(15(2)3)25-9-7-8-10-25)22-14-19(4,26)16-11-23-24(5)13-16;/h11,13,15,17,26H,6-10,12,14H2,1-5H3,(H2,20,21,22);1H. The van der Waals surface area contributed by atoms with Crippen molar-refractivity contribution in [1.29, 1.82) is 0 Å². The smallest absolute Gasteiger partial charge is 0.191 e. The van der Waals surface area contributed by atoms with Crippen LogP contribution in [0, 0.1) is 5.92 Å². The van der Waals surface area contributed by atoms with Gasteiger partial charge in [0.15, 0.2) is 5.96 Å². The van der Waals surface area contributed by atoms with Gasteiger partial charge in [-0.2, -0.15) is 5.10 Å². The Morgan fingerprint density at radius 2 is 2.00 bits per heavy atom. The van der Waals surface area contributed by atoms with Gasteiger partial charge in [-0.3, -0.25) is 9.58 Å². The highest BCUT2D eigenvalue weighted by atomic mass is 127. The molecule has 0 bridgehead atoms. The quantitative estimate of drug-likeness (QED) is 0.294. The topological polar surface area (TPSA) is 77.7 Å². The van der Waals surface area contributed by atoms with Gasteiger partial charge in [-0.1, -0.05) is 13.8 Å². The zero-order valence-electron chi connectivity index (χ0n) is 17.4. The van der Waals surface area contributed by atoms with Gasteiger partial charge in [-0.25, -0.2) is 4.99 Å². The number of nitrogens with zero attached hydrogens (tertiary/aromatic N) is 4. The molecule has 1 saturated heterocycles. The molecule has 0 aliphatic carbocycles. The van der Waals surface area contributed by atoms with Crippen molar-refractivity contribution in [2.45, 2.75) is 52.2 Å². The normalized spacial score (nSPS) is 18.9. The van der Waals surface area contributed by atoms with Crippen molar-refractivity contribution in [2.75, 3.05) is 32.7 Å². The molecule has 0 spiro atoms. The molecule has 2 heterocycles. The van der Waals surface area contributed by atoms with Gasteiger partial charge in [0, 0.05) is 37.9 Å². The van der Waals surface area contributed by atoms with Crippen LogP contribution >= 0.6 is 24.0 Å². The first-order valence-electron chi connectivity index (χ1n) is 9.81. The van der Waals surface area contributed by atoms with E-state index in [1.807, 2.05) is 13.2 Å². The SMILES string of the molecule is CCNC(=NCC(C)(O)c1cnn(C)c1)NCC(C(C)C)N1CCCC1.I. The van der Waals surface area contributed by atoms with Gasteiger partial charge in [-0.15, -0.1) is 24.0 Å². The molecular formula is C19H37IN6O. The molecule has 1 aromatic heterocycles. The maximum atomic E-state index is 10.7. The van der Waals surface area contributed by atoms with Crippen LogP contribution in [0.25, 0.3) is 0 Å². The van der Waals surface area contributed by atoms with Crippen molar-refractivity contribution in [3.05, 3.63) is 18.0 Å². The Balaban J connectivity index is 0.00000364. The fourth-order valence-electron chi connectivity index (χ4n) is 3.43. The molecule has 7 nitrogen and oxygen atoms in total. The lowest BCUT2D eigenvalue weighted by molar-refractivity contribution is 0.0671. The second kappa shape index (κ2) is 11.2. The lowest BCUT2D eigenvalue weighted by atomic mass is 10.0. The van der Waals surface area contributed by atoms with Crippen LogP contribution in [0.15, 0.2) is 17.4 Å². The summed E-state index contributed by atoms with van der Waals surface area (Å²) in [7, 11) is 1.85. The van der Waals surface area contributed by atoms with E-state index in [0.29, 0.717) is 12.0 Å². The van der Waals surface area contributed by atoms with Gasteiger partial charge >= 0.3 is 0 Å². The number of guanidine groups is 1. The minimum Gasteiger partial charge on any atom is -0.383 e. The van der Waals surface area contributed by atoms with Crippen molar-refractivity contribution in [1.82, 2.24) is 25.3 Å². The Morgan fingerprint density at radius 1 is 1.33 bits per heavy atom. The predicted molar refractivity (Wildman–Crippen MR) is 122 cm³/mol. The highest BCUT2D eigenvalue weighted by Crippen LogP contribution is 2.20. The summed E-state index contributed by atoms with van der Waals surface area (Å²) in [5.41, 5.74) is -0.264. The van der Waals surface area contributed by atoms with Gasteiger partial charge in [-0.05, 0) is 45.7 Å². The molecule has 0 radical (unpaired) electrons. The monoisotopic (exact) mass is 492 g/mol. The predicted octanol–water partition coefficient (Wildman–Crippen LogP) is 1.92. The van der Waals surface area contributed by atoms with Crippen LogP contribution in [0.4, 0.5) is 0 Å². The number of aliphatic imine (C=N–C) groups is 1. The van der Waals surface area contributed by atoms with E-state index >= 15 is 0 Å². The lowest BCUT2D eigenvalue weighted by Crippen LogP contribution is -2.48. The summed E-state index contributed by atoms with van der Waals surface area (Å²) in [6.45, 7) is 12.7. The number of nitrogens with one attached hydrogen (secondary N) is 2. The van der Waals surface area contributed by atoms with Crippen molar-refractivity contribution < 1.29 is 5.11 Å². The van der Waals surface area contributed by atoms with E-state index in [9.17, 15) is 5.11 Å². The Hall–Kier alpha value is -0.870. The molecular weight excluding hydrogens is 455 g/mol. The molecule has 8 heteroatoms. The van der Waals surface area contributed by atoms with E-state index in [4.69, 9.17) is 0 Å². The number of aromatic nitrogens is 2. The van der Waals surface area contributed by atoms with Gasteiger partial charge < -0.3 is 15.7 Å². The zero-order chi connectivity index (χ0) is 19.2. The molecule has 1 aliphatic rings. The number of hydrogen-bond donors (Lipinski definition) is 3. The van der Waals surface area contributed by atoms with Crippen molar-refractivity contribution in [3.8, 4) is 0 Å². The summed E-state index contributed by atoms with van der Waals surface area (Å²) in [4.78, 5) is 7.19. The molecule has 2 rings (SSSR count). The molecule has 27 heavy (non-hydrogen) atoms. The molecule has 1 aliphatic heterocycles. The highest BCUT2D eigenvalue weighted by molar-refractivity contribution is 14.0. The third-order valence-corrected chi connectivity index (χ3v) is 5.07. The molecule has 2 atom stereocenters. The maximum absolute atomic E-state index is 10.7. The molecule has 0 aromatic carbocycles. The summed E-state index contributed by atoms with van der Waals surface area (Å²) in [6.07, 6.45) is 6.12. The third kappa shape index (κ3) is 7.23. The molecule has 2 unspecified atom stereocenters. The molecule has 3 N–H and O–H groups in total. The van der Waals surface area contributed by atoms with Crippen LogP contribution < -0.4 is 10.6 Å². The summed E-state index contributed by atoms with van der Waals surface area (Å²) >= 11 is 0. The zero-order valence-corrected chi connectivity index (χ0v) is 19.7. The van der Waals surface area contributed by atoms with Gasteiger partial charge in [0.25, 0.3) is 0 Å². The van der Waals surface area contributed by atoms with Gasteiger partial charge in [0.2, 0.25) is 0 Å². The molecule has 156 valence electrons. The Morgan fingerprint density at radius 3 is 2.52 bits per heavy atom. The van der Waals surface area contributed by atoms with E-state index in [-0.39, 0.29) is 30.5 Å². The average molecular weight is 492 g/mol. The first kappa shape index (κ1) is 24.2. The number of likely N-dealkylation sites (tertiary alicyclic amines) is 1. The Labute approximate surface area is 181 Å². The Kier molecular flexibility index (Phi) is 10.0. The van der Waals surface area contributed by atoms with Gasteiger partial charge in [0.05, 0.1) is 12.7 Å². The minimum absolute atomic E-state index is 0. The fraction of sp³-hybridized carbons (Fsp3) is 0.789. The maximum Gasteiger partial charge on any atom is 0.191 e. The number of halogens is 1. The summed E-state index contributed by atoms with van der Waals surface area (Å²) in [6, 6.07) is 0.500. The fourth-order valence-corrected chi connectivity index (χ4v) is 3.43. The largest absolute Gasteiger partial charge is 0.383 e. The first-order valence-corrected chi connectivity index (χ1v) is 9.81. The number of aliphatic hydroxyl groups is 1. The molecule has 0 amide bonds. The van der Waals surface area contributed by atoms with Gasteiger partial charge in [0.1, 0.15) is 5.60 Å². The van der Waals surface area contributed by atoms with Crippen LogP contribution in [0.5, 0.6) is 0 Å². The van der Waals surface area contributed by atoms with Crippen LogP contribution in [0.3, 0.4) is 0 Å². The average Bonchev–Trinajstić information content (AvgIpc) is 3.24. The van der Waals surface area contributed by atoms with Crippen molar-refractivity contribution in [3.63, 3.8) is 0 Å². The van der Waals surface area contributed by atoms with Crippen LogP contribution in [-0.2, 0) is 12.6 Å². The third-order valence-electron chi connectivity index (χ3n) is 5.07. The van der Waals surface area contributed by atoms with E-state index in [1.54, 1.807) is 17.8 Å². The highest BCUT2D eigenvalue weighted by Gasteiger charge is 2.26. The molecule has 1 aromatic rings. The van der Waals surface area contributed by atoms with Crippen molar-refractivity contribution >= 4 is 29.9 Å². The number of aryl methyl sites for hydroxylation is 1. The second-order valence-corrected chi connectivity index (χ2v) is 7.81. The summed E-state index contributed by atoms with van der Waals surface area (Å²) < 4.78 is 1.69. The molecule has 1 fully saturated rings. The van der Waals surface area contributed by atoms with E-state index in [0.717, 1.165) is 24.6 Å². The first-order chi connectivity index (χ1) is 12.3. The lowest BCUT2D eigenvalue weighted by Gasteiger charge is -2.31. The molecule has 0 saturated carbocycles. The Bertz CT molecular complexity index is 581. The second-order valence-electron chi connectivity index (χ2n) is 7.81. The van der Waals surface area contributed by atoms with Crippen LogP contribution in [-0.4, -0.2) is 64.5 Å². The van der Waals surface area contributed by atoms with E-state index in [1.165, 1.54) is 25.9 Å². The number of rotatable bonds is 8. The van der Waals surface area contributed by atoms with E-state index < -0.39 is 5.60 Å². The summed E-state index contributed by atoms with van der Waals surface area (Å²) in [5, 5.41) is 21.6. The van der Waals surface area contributed by atoms with E-state index in [2.05, 4.69) is 46.4 Å². The minimum atomic E-state index is -1.04. The number of hydrogen-bond acceptors (Lipinski definition) is 4. The summed E-state index contributed by atoms with van der Waals surface area (Å²) in [5.74, 6) is 1.34. The van der Waals surface area contributed by atoms with Crippen LogP contribution in [0.2, 0.25) is 0 Å². The van der Waals surface area contributed by atoms with Crippen molar-refractivity contribution in [2.24, 2.45) is 18.0 Å². The van der Waals surface area contributed by atoms with Crippen LogP contribution in [0.1, 0.15) is 46.1 Å².